The van der Waals surface area contributed by atoms with E-state index in [1.807, 2.05) is 0 Å². The van der Waals surface area contributed by atoms with Gasteiger partial charge in [0.2, 0.25) is 0 Å². The first kappa shape index (κ1) is 16.1. The molecule has 0 radical (unpaired) electrons. The van der Waals surface area contributed by atoms with Crippen LogP contribution in [0.4, 0.5) is 5.69 Å². The smallest absolute Gasteiger partial charge is 0.269 e. The minimum absolute atomic E-state index is 0.0624. The molecule has 0 heterocycles. The summed E-state index contributed by atoms with van der Waals surface area (Å²) < 4.78 is 25.5. The molecule has 2 atom stereocenters. The number of aliphatic hydroxyl groups is 1. The van der Waals surface area contributed by atoms with Gasteiger partial charge >= 0.3 is 0 Å². The normalized spacial score (nSPS) is 14.3. The van der Waals surface area contributed by atoms with Crippen LogP contribution in [0.2, 0.25) is 0 Å². The number of nitrogens with zero attached hydrogens (tertiary/aromatic N) is 1. The van der Waals surface area contributed by atoms with Gasteiger partial charge in [-0.05, 0) is 24.6 Å². The summed E-state index contributed by atoms with van der Waals surface area (Å²) in [6.45, 7) is 1.35. The monoisotopic (exact) mass is 321 g/mol. The second kappa shape index (κ2) is 6.25. The molecule has 2 aromatic rings. The van der Waals surface area contributed by atoms with Gasteiger partial charge in [0.05, 0.1) is 15.9 Å². The Morgan fingerprint density at radius 1 is 1.09 bits per heavy atom. The summed E-state index contributed by atoms with van der Waals surface area (Å²) in [7, 11) is -3.87. The van der Waals surface area contributed by atoms with Crippen LogP contribution in [0, 0.1) is 10.1 Å². The van der Waals surface area contributed by atoms with Gasteiger partial charge in [-0.2, -0.15) is 0 Å². The molecule has 116 valence electrons. The van der Waals surface area contributed by atoms with Crippen molar-refractivity contribution < 1.29 is 18.4 Å². The van der Waals surface area contributed by atoms with Gasteiger partial charge in [-0.15, -0.1) is 0 Å². The first-order valence-corrected chi connectivity index (χ1v) is 8.10. The zero-order chi connectivity index (χ0) is 16.3. The first-order valence-electron chi connectivity index (χ1n) is 6.55. The molecule has 0 aliphatic heterocycles. The Labute approximate surface area is 128 Å². The maximum Gasteiger partial charge on any atom is 0.269 e. The fourth-order valence-corrected chi connectivity index (χ4v) is 4.14. The minimum atomic E-state index is -3.87. The zero-order valence-electron chi connectivity index (χ0n) is 11.8. The van der Waals surface area contributed by atoms with Crippen LogP contribution < -0.4 is 0 Å². The zero-order valence-corrected chi connectivity index (χ0v) is 12.6. The molecule has 0 aliphatic carbocycles. The van der Waals surface area contributed by atoms with Gasteiger partial charge in [-0.3, -0.25) is 10.1 Å². The lowest BCUT2D eigenvalue weighted by atomic mass is 10.1. The fourth-order valence-electron chi connectivity index (χ4n) is 2.29. The largest absolute Gasteiger partial charge is 0.392 e. The summed E-state index contributed by atoms with van der Waals surface area (Å²) in [4.78, 5) is 10.3. The van der Waals surface area contributed by atoms with E-state index < -0.39 is 26.1 Å². The van der Waals surface area contributed by atoms with E-state index in [1.54, 1.807) is 18.2 Å². The van der Waals surface area contributed by atoms with Crippen LogP contribution in [0.25, 0.3) is 0 Å². The Bertz CT molecular complexity index is 772. The number of hydrogen-bond donors (Lipinski definition) is 1. The molecule has 0 amide bonds. The molecule has 0 aliphatic rings. The van der Waals surface area contributed by atoms with Crippen LogP contribution in [-0.4, -0.2) is 24.6 Å². The van der Waals surface area contributed by atoms with Gasteiger partial charge in [0, 0.05) is 12.1 Å². The average molecular weight is 321 g/mol. The van der Waals surface area contributed by atoms with Crippen molar-refractivity contribution >= 4 is 15.5 Å². The van der Waals surface area contributed by atoms with Crippen molar-refractivity contribution in [3.05, 3.63) is 70.3 Å². The van der Waals surface area contributed by atoms with Gasteiger partial charge in [-0.25, -0.2) is 8.42 Å². The van der Waals surface area contributed by atoms with Crippen molar-refractivity contribution in [1.82, 2.24) is 0 Å². The average Bonchev–Trinajstić information content (AvgIpc) is 2.48. The molecular weight excluding hydrogens is 306 g/mol. The van der Waals surface area contributed by atoms with Crippen LogP contribution in [0.3, 0.4) is 0 Å². The second-order valence-electron chi connectivity index (χ2n) is 4.87. The number of benzene rings is 2. The van der Waals surface area contributed by atoms with Crippen molar-refractivity contribution in [2.24, 2.45) is 0 Å². The highest BCUT2D eigenvalue weighted by Crippen LogP contribution is 2.33. The van der Waals surface area contributed by atoms with Gasteiger partial charge < -0.3 is 5.11 Å². The van der Waals surface area contributed by atoms with Crippen LogP contribution >= 0.6 is 0 Å². The van der Waals surface area contributed by atoms with E-state index in [0.717, 1.165) is 0 Å². The molecule has 2 rings (SSSR count). The van der Waals surface area contributed by atoms with Crippen LogP contribution in [0.5, 0.6) is 0 Å². The van der Waals surface area contributed by atoms with Crippen LogP contribution in [-0.2, 0) is 9.84 Å². The molecular formula is C15H15NO5S. The van der Waals surface area contributed by atoms with Crippen molar-refractivity contribution in [2.45, 2.75) is 23.2 Å². The highest BCUT2D eigenvalue weighted by Gasteiger charge is 2.33. The molecule has 0 fully saturated rings. The fraction of sp³-hybridized carbons (Fsp3) is 0.200. The SMILES string of the molecule is CC(O)C(c1cccc([N+](=O)[O-])c1)S(=O)(=O)c1ccccc1. The number of aliphatic hydroxyl groups excluding tert-OH is 1. The molecule has 2 unspecified atom stereocenters. The third kappa shape index (κ3) is 3.15. The van der Waals surface area contributed by atoms with Crippen LogP contribution in [0.1, 0.15) is 17.7 Å². The number of sulfone groups is 1. The van der Waals surface area contributed by atoms with Crippen molar-refractivity contribution in [3.8, 4) is 0 Å². The van der Waals surface area contributed by atoms with Gasteiger partial charge in [0.15, 0.2) is 9.84 Å². The van der Waals surface area contributed by atoms with Crippen molar-refractivity contribution in [3.63, 3.8) is 0 Å². The lowest BCUT2D eigenvalue weighted by molar-refractivity contribution is -0.384. The van der Waals surface area contributed by atoms with Crippen LogP contribution in [0.15, 0.2) is 59.5 Å². The molecule has 0 saturated heterocycles. The summed E-state index contributed by atoms with van der Waals surface area (Å²) in [6, 6.07) is 13.0. The quantitative estimate of drug-likeness (QED) is 0.674. The minimum Gasteiger partial charge on any atom is -0.392 e. The van der Waals surface area contributed by atoms with E-state index in [1.165, 1.54) is 43.3 Å². The Morgan fingerprint density at radius 2 is 1.73 bits per heavy atom. The topological polar surface area (TPSA) is 97.5 Å². The summed E-state index contributed by atoms with van der Waals surface area (Å²) in [5, 5.41) is 19.5. The first-order chi connectivity index (χ1) is 10.3. The number of hydrogen-bond acceptors (Lipinski definition) is 5. The lowest BCUT2D eigenvalue weighted by Gasteiger charge is -2.20. The van der Waals surface area contributed by atoms with Gasteiger partial charge in [0.1, 0.15) is 5.25 Å². The molecule has 0 saturated carbocycles. The Balaban J connectivity index is 2.56. The molecule has 0 bridgehead atoms. The van der Waals surface area contributed by atoms with E-state index in [2.05, 4.69) is 0 Å². The molecule has 6 nitrogen and oxygen atoms in total. The van der Waals surface area contributed by atoms with E-state index in [0.29, 0.717) is 0 Å². The summed E-state index contributed by atoms with van der Waals surface area (Å²) >= 11 is 0. The van der Waals surface area contributed by atoms with Gasteiger partial charge in [-0.1, -0.05) is 30.3 Å². The summed E-state index contributed by atoms with van der Waals surface area (Å²) in [5.41, 5.74) is -0.0283. The molecule has 7 heteroatoms. The maximum atomic E-state index is 12.7. The Hall–Kier alpha value is -2.25. The molecule has 22 heavy (non-hydrogen) atoms. The third-order valence-corrected chi connectivity index (χ3v) is 5.52. The highest BCUT2D eigenvalue weighted by atomic mass is 32.2. The second-order valence-corrected chi connectivity index (χ2v) is 6.94. The van der Waals surface area contributed by atoms with Crippen molar-refractivity contribution in [1.29, 1.82) is 0 Å². The summed E-state index contributed by atoms with van der Waals surface area (Å²) in [5.74, 6) is 0. The molecule has 2 aromatic carbocycles. The summed E-state index contributed by atoms with van der Waals surface area (Å²) in [6.07, 6.45) is -1.22. The third-order valence-electron chi connectivity index (χ3n) is 3.25. The predicted octanol–water partition coefficient (Wildman–Crippen LogP) is 2.49. The number of rotatable bonds is 5. The lowest BCUT2D eigenvalue weighted by Crippen LogP contribution is -2.24. The van der Waals surface area contributed by atoms with E-state index >= 15 is 0 Å². The van der Waals surface area contributed by atoms with Crippen molar-refractivity contribution in [2.75, 3.05) is 0 Å². The highest BCUT2D eigenvalue weighted by molar-refractivity contribution is 7.91. The molecule has 0 spiro atoms. The Kier molecular flexibility index (Phi) is 4.58. The molecule has 1 N–H and O–H groups in total. The van der Waals surface area contributed by atoms with E-state index in [9.17, 15) is 23.6 Å². The maximum absolute atomic E-state index is 12.7. The number of nitro groups is 1. The number of nitro benzene ring substituents is 1. The van der Waals surface area contributed by atoms with E-state index in [-0.39, 0.29) is 16.1 Å². The Morgan fingerprint density at radius 3 is 2.27 bits per heavy atom. The standard InChI is InChI=1S/C15H15NO5S/c1-11(17)15(12-6-5-7-13(10-12)16(18)19)22(20,21)14-8-3-2-4-9-14/h2-11,15,17H,1H3. The van der Waals surface area contributed by atoms with Gasteiger partial charge in [0.25, 0.3) is 5.69 Å². The molecule has 0 aromatic heterocycles. The van der Waals surface area contributed by atoms with E-state index in [4.69, 9.17) is 0 Å². The predicted molar refractivity (Wildman–Crippen MR) is 81.1 cm³/mol. The number of non-ortho nitro benzene ring substituents is 1.